The number of benzene rings is 3. The van der Waals surface area contributed by atoms with Crippen LogP contribution in [-0.2, 0) is 7.05 Å². The number of carbonyl (C=O) groups excluding carboxylic acids is 2. The Morgan fingerprint density at radius 1 is 1.11 bits per heavy atom. The van der Waals surface area contributed by atoms with Crippen molar-refractivity contribution in [2.75, 3.05) is 18.4 Å². The van der Waals surface area contributed by atoms with Crippen LogP contribution < -0.4 is 5.32 Å². The van der Waals surface area contributed by atoms with Crippen molar-refractivity contribution in [3.05, 3.63) is 97.9 Å². The monoisotopic (exact) mass is 579 g/mol. The summed E-state index contributed by atoms with van der Waals surface area (Å²) in [4.78, 5) is 37.7. The van der Waals surface area contributed by atoms with Crippen molar-refractivity contribution in [1.29, 1.82) is 0 Å². The van der Waals surface area contributed by atoms with Crippen LogP contribution >= 0.6 is 15.9 Å². The quantitative estimate of drug-likeness (QED) is 0.242. The summed E-state index contributed by atoms with van der Waals surface area (Å²) in [5.74, 6) is -1.25. The average molecular weight is 580 g/mol. The molecule has 2 amide bonds. The minimum atomic E-state index is -0.811. The maximum atomic E-state index is 13.8. The molecule has 9 nitrogen and oxygen atoms in total. The summed E-state index contributed by atoms with van der Waals surface area (Å²) < 4.78 is 16.3. The van der Waals surface area contributed by atoms with Crippen molar-refractivity contribution in [3.8, 4) is 0 Å². The zero-order chi connectivity index (χ0) is 27.0. The number of nitrogens with one attached hydrogen (secondary N) is 1. The van der Waals surface area contributed by atoms with Gasteiger partial charge in [-0.15, -0.1) is 0 Å². The van der Waals surface area contributed by atoms with Crippen LogP contribution in [0.15, 0.2) is 65.3 Å². The molecule has 194 valence electrons. The second kappa shape index (κ2) is 10.3. The molecular formula is C27H23BrFN5O4. The molecule has 0 aliphatic carbocycles. The Morgan fingerprint density at radius 3 is 2.50 bits per heavy atom. The van der Waals surface area contributed by atoms with Crippen molar-refractivity contribution < 1.29 is 18.9 Å². The Morgan fingerprint density at radius 2 is 1.82 bits per heavy atom. The highest BCUT2D eigenvalue weighted by molar-refractivity contribution is 9.10. The molecule has 1 aliphatic rings. The lowest BCUT2D eigenvalue weighted by atomic mass is 9.89. The molecule has 11 heteroatoms. The lowest BCUT2D eigenvalue weighted by Crippen LogP contribution is -2.38. The number of anilines is 1. The summed E-state index contributed by atoms with van der Waals surface area (Å²) in [6, 6.07) is 14.3. The first kappa shape index (κ1) is 25.5. The maximum absolute atomic E-state index is 13.8. The van der Waals surface area contributed by atoms with Crippen molar-refractivity contribution in [1.82, 2.24) is 14.7 Å². The Labute approximate surface area is 225 Å². The van der Waals surface area contributed by atoms with Gasteiger partial charge >= 0.3 is 0 Å². The van der Waals surface area contributed by atoms with Gasteiger partial charge in [0.25, 0.3) is 17.5 Å². The third-order valence-electron chi connectivity index (χ3n) is 6.84. The van der Waals surface area contributed by atoms with E-state index in [9.17, 15) is 24.1 Å². The molecule has 0 saturated carbocycles. The van der Waals surface area contributed by atoms with Crippen LogP contribution in [0.3, 0.4) is 0 Å². The average Bonchev–Trinajstić information content (AvgIpc) is 3.28. The summed E-state index contributed by atoms with van der Waals surface area (Å²) in [5, 5.41) is 19.0. The largest absolute Gasteiger partial charge is 0.339 e. The minimum Gasteiger partial charge on any atom is -0.339 e. The summed E-state index contributed by atoms with van der Waals surface area (Å²) in [6.45, 7) is 0.909. The number of nitro groups is 1. The fraction of sp³-hybridized carbons (Fsp3) is 0.222. The summed E-state index contributed by atoms with van der Waals surface area (Å²) in [5.41, 5.74) is 2.65. The van der Waals surface area contributed by atoms with E-state index in [1.165, 1.54) is 0 Å². The molecule has 0 radical (unpaired) electrons. The maximum Gasteiger partial charge on any atom is 0.273 e. The summed E-state index contributed by atoms with van der Waals surface area (Å²) in [6.07, 6.45) is 3.07. The second-order valence-corrected chi connectivity index (χ2v) is 10.2. The van der Waals surface area contributed by atoms with Gasteiger partial charge in [-0.2, -0.15) is 5.10 Å². The first-order chi connectivity index (χ1) is 18.2. The minimum absolute atomic E-state index is 0.0238. The summed E-state index contributed by atoms with van der Waals surface area (Å²) >= 11 is 3.46. The van der Waals surface area contributed by atoms with Crippen LogP contribution in [-0.4, -0.2) is 44.5 Å². The number of hydrogen-bond donors (Lipinski definition) is 1. The van der Waals surface area contributed by atoms with Gasteiger partial charge in [-0.05, 0) is 54.7 Å². The third-order valence-corrected chi connectivity index (χ3v) is 7.30. The zero-order valence-electron chi connectivity index (χ0n) is 20.4. The van der Waals surface area contributed by atoms with E-state index in [2.05, 4.69) is 26.3 Å². The standard InChI is InChI=1S/C27H23BrFN5O4/c1-32-25-13-19(28)12-23(24(25)15-30-32)26(35)31-21-4-2-16(3-5-21)17-6-8-33(9-7-17)27(36)18-10-20(29)14-22(11-18)34(37)38/h2-5,10-15,17H,6-9H2,1H3,(H,31,35). The molecule has 1 N–H and O–H groups in total. The van der Waals surface area contributed by atoms with E-state index in [-0.39, 0.29) is 17.4 Å². The first-order valence-electron chi connectivity index (χ1n) is 12.0. The second-order valence-electron chi connectivity index (χ2n) is 9.25. The highest BCUT2D eigenvalue weighted by Crippen LogP contribution is 2.31. The van der Waals surface area contributed by atoms with Gasteiger partial charge in [0.15, 0.2) is 0 Å². The van der Waals surface area contributed by atoms with Crippen LogP contribution in [0.1, 0.15) is 45.0 Å². The van der Waals surface area contributed by atoms with Crippen LogP contribution in [0.5, 0.6) is 0 Å². The first-order valence-corrected chi connectivity index (χ1v) is 12.8. The topological polar surface area (TPSA) is 110 Å². The van der Waals surface area contributed by atoms with E-state index in [1.54, 1.807) is 21.8 Å². The van der Waals surface area contributed by atoms with Crippen molar-refractivity contribution in [2.24, 2.45) is 7.05 Å². The van der Waals surface area contributed by atoms with Crippen molar-refractivity contribution >= 4 is 50.0 Å². The molecule has 3 aromatic carbocycles. The Hall–Kier alpha value is -4.12. The molecule has 38 heavy (non-hydrogen) atoms. The number of nitro benzene ring substituents is 1. The number of carbonyl (C=O) groups is 2. The highest BCUT2D eigenvalue weighted by atomic mass is 79.9. The molecule has 1 aliphatic heterocycles. The van der Waals surface area contributed by atoms with Gasteiger partial charge in [0.2, 0.25) is 0 Å². The number of amides is 2. The molecule has 4 aromatic rings. The van der Waals surface area contributed by atoms with Crippen molar-refractivity contribution in [2.45, 2.75) is 18.8 Å². The number of aryl methyl sites for hydroxylation is 1. The Balaban J connectivity index is 1.22. The number of rotatable bonds is 5. The van der Waals surface area contributed by atoms with Crippen molar-refractivity contribution in [3.63, 3.8) is 0 Å². The van der Waals surface area contributed by atoms with E-state index in [1.807, 2.05) is 37.4 Å². The lowest BCUT2D eigenvalue weighted by molar-refractivity contribution is -0.385. The van der Waals surface area contributed by atoms with Gasteiger partial charge < -0.3 is 10.2 Å². The number of non-ortho nitro benzene ring substituents is 1. The molecule has 0 unspecified atom stereocenters. The zero-order valence-corrected chi connectivity index (χ0v) is 21.9. The number of nitrogens with zero attached hydrogens (tertiary/aromatic N) is 4. The van der Waals surface area contributed by atoms with E-state index in [0.29, 0.717) is 37.2 Å². The number of hydrogen-bond acceptors (Lipinski definition) is 5. The number of likely N-dealkylation sites (tertiary alicyclic amines) is 1. The number of aromatic nitrogens is 2. The van der Waals surface area contributed by atoms with E-state index < -0.39 is 22.3 Å². The fourth-order valence-electron chi connectivity index (χ4n) is 4.84. The van der Waals surface area contributed by atoms with Crippen LogP contribution in [0.25, 0.3) is 10.9 Å². The Kier molecular flexibility index (Phi) is 6.94. The summed E-state index contributed by atoms with van der Waals surface area (Å²) in [7, 11) is 1.82. The number of fused-ring (bicyclic) bond motifs is 1. The predicted octanol–water partition coefficient (Wildman–Crippen LogP) is 5.66. The normalized spacial score (nSPS) is 14.0. The smallest absolute Gasteiger partial charge is 0.273 e. The third kappa shape index (κ3) is 5.14. The van der Waals surface area contributed by atoms with Gasteiger partial charge in [-0.1, -0.05) is 28.1 Å². The molecule has 0 bridgehead atoms. The lowest BCUT2D eigenvalue weighted by Gasteiger charge is -2.32. The van der Waals surface area contributed by atoms with E-state index in [4.69, 9.17) is 0 Å². The number of halogens is 2. The van der Waals surface area contributed by atoms with Crippen LogP contribution in [0.4, 0.5) is 15.8 Å². The van der Waals surface area contributed by atoms with Gasteiger partial charge in [-0.3, -0.25) is 24.4 Å². The molecule has 5 rings (SSSR count). The molecule has 1 aromatic heterocycles. The molecule has 1 saturated heterocycles. The fourth-order valence-corrected chi connectivity index (χ4v) is 5.29. The molecule has 0 atom stereocenters. The van der Waals surface area contributed by atoms with Crippen LogP contribution in [0.2, 0.25) is 0 Å². The van der Waals surface area contributed by atoms with Crippen LogP contribution in [0, 0.1) is 15.9 Å². The van der Waals surface area contributed by atoms with Gasteiger partial charge in [0.05, 0.1) is 28.3 Å². The number of piperidine rings is 1. The molecule has 1 fully saturated rings. The van der Waals surface area contributed by atoms with Gasteiger partial charge in [0, 0.05) is 47.3 Å². The van der Waals surface area contributed by atoms with E-state index >= 15 is 0 Å². The molecule has 0 spiro atoms. The van der Waals surface area contributed by atoms with Gasteiger partial charge in [-0.25, -0.2) is 4.39 Å². The Bertz CT molecular complexity index is 1560. The van der Waals surface area contributed by atoms with E-state index in [0.717, 1.165) is 39.1 Å². The molecule has 2 heterocycles. The molecular weight excluding hydrogens is 557 g/mol. The highest BCUT2D eigenvalue weighted by Gasteiger charge is 2.26. The predicted molar refractivity (Wildman–Crippen MR) is 144 cm³/mol. The SMILES string of the molecule is Cn1ncc2c(C(=O)Nc3ccc(C4CCN(C(=O)c5cc(F)cc([N+](=O)[O-])c5)CC4)cc3)cc(Br)cc21. The van der Waals surface area contributed by atoms with Gasteiger partial charge in [0.1, 0.15) is 5.82 Å².